The minimum Gasteiger partial charge on any atom is -0.444 e. The molecular weight excluding hydrogens is 350 g/mol. The van der Waals surface area contributed by atoms with Gasteiger partial charge in [0.2, 0.25) is 5.91 Å². The van der Waals surface area contributed by atoms with Gasteiger partial charge in [-0.2, -0.15) is 0 Å². The molecule has 1 aliphatic heterocycles. The van der Waals surface area contributed by atoms with Crippen molar-refractivity contribution < 1.29 is 14.3 Å². The van der Waals surface area contributed by atoms with Crippen molar-refractivity contribution in [3.8, 4) is 0 Å². The summed E-state index contributed by atoms with van der Waals surface area (Å²) in [5, 5.41) is 3.57. The monoisotopic (exact) mass is 375 g/mol. The third-order valence-corrected chi connectivity index (χ3v) is 5.23. The lowest BCUT2D eigenvalue weighted by atomic mass is 9.96. The number of carbonyl (C=O) groups is 2. The first-order valence-electron chi connectivity index (χ1n) is 8.87. The topological polar surface area (TPSA) is 71.5 Å². The van der Waals surface area contributed by atoms with Gasteiger partial charge in [-0.3, -0.25) is 4.79 Å². The van der Waals surface area contributed by atoms with E-state index in [1.165, 1.54) is 16.9 Å². The average molecular weight is 375 g/mol. The lowest BCUT2D eigenvalue weighted by Crippen LogP contribution is -2.43. The molecule has 3 rings (SSSR count). The Kier molecular flexibility index (Phi) is 5.18. The third-order valence-electron chi connectivity index (χ3n) is 4.29. The zero-order chi connectivity index (χ0) is 18.9. The zero-order valence-corrected chi connectivity index (χ0v) is 16.5. The number of fused-ring (bicyclic) bond motifs is 1. The maximum absolute atomic E-state index is 12.5. The van der Waals surface area contributed by atoms with E-state index in [9.17, 15) is 9.59 Å². The number of likely N-dealkylation sites (tertiary alicyclic amines) is 1. The Morgan fingerprint density at radius 3 is 2.62 bits per heavy atom. The van der Waals surface area contributed by atoms with E-state index in [1.54, 1.807) is 4.90 Å². The molecule has 0 unspecified atom stereocenters. The number of aromatic nitrogens is 1. The van der Waals surface area contributed by atoms with Crippen molar-refractivity contribution in [3.05, 3.63) is 23.8 Å². The molecule has 1 aromatic heterocycles. The number of hydrogen-bond donors (Lipinski definition) is 1. The number of ether oxygens (including phenoxy) is 1. The Bertz CT molecular complexity index is 817. The van der Waals surface area contributed by atoms with Crippen molar-refractivity contribution in [1.82, 2.24) is 9.88 Å². The van der Waals surface area contributed by atoms with Crippen LogP contribution in [0.3, 0.4) is 0 Å². The second kappa shape index (κ2) is 7.23. The van der Waals surface area contributed by atoms with Gasteiger partial charge < -0.3 is 15.0 Å². The number of rotatable bonds is 2. The van der Waals surface area contributed by atoms with E-state index in [2.05, 4.69) is 16.4 Å². The van der Waals surface area contributed by atoms with Gasteiger partial charge in [0, 0.05) is 19.0 Å². The molecular formula is C19H25N3O3S. The maximum Gasteiger partial charge on any atom is 0.410 e. The second-order valence-corrected chi connectivity index (χ2v) is 8.75. The Hall–Kier alpha value is -2.15. The Morgan fingerprint density at radius 1 is 1.27 bits per heavy atom. The summed E-state index contributed by atoms with van der Waals surface area (Å²) in [5.41, 5.74) is 1.57. The van der Waals surface area contributed by atoms with Crippen molar-refractivity contribution in [1.29, 1.82) is 0 Å². The van der Waals surface area contributed by atoms with Crippen molar-refractivity contribution in [2.75, 3.05) is 18.4 Å². The van der Waals surface area contributed by atoms with Crippen LogP contribution in [0, 0.1) is 12.8 Å². The number of hydrogen-bond acceptors (Lipinski definition) is 5. The molecule has 2 aromatic rings. The summed E-state index contributed by atoms with van der Waals surface area (Å²) in [6, 6.07) is 6.05. The Balaban J connectivity index is 1.55. The van der Waals surface area contributed by atoms with Gasteiger partial charge in [0.15, 0.2) is 5.13 Å². The van der Waals surface area contributed by atoms with Crippen LogP contribution in [0.5, 0.6) is 0 Å². The van der Waals surface area contributed by atoms with E-state index >= 15 is 0 Å². The minimum absolute atomic E-state index is 0.0235. The number of nitrogens with zero attached hydrogens (tertiary/aromatic N) is 2. The van der Waals surface area contributed by atoms with Crippen LogP contribution in [0.15, 0.2) is 18.2 Å². The fourth-order valence-corrected chi connectivity index (χ4v) is 3.91. The summed E-state index contributed by atoms with van der Waals surface area (Å²) in [5.74, 6) is -0.132. The van der Waals surface area contributed by atoms with E-state index in [4.69, 9.17) is 4.74 Å². The standard InChI is InChI=1S/C19H25N3O3S/c1-12-5-6-14-15(11-12)26-17(20-14)21-16(23)13-7-9-22(10-8-13)18(24)25-19(2,3)4/h5-6,11,13H,7-10H2,1-4H3,(H,20,21,23). The van der Waals surface area contributed by atoms with Gasteiger partial charge in [-0.05, 0) is 58.2 Å². The first-order valence-corrected chi connectivity index (χ1v) is 9.69. The molecule has 0 spiro atoms. The molecule has 2 amide bonds. The van der Waals surface area contributed by atoms with Crippen LogP contribution in [-0.4, -0.2) is 40.6 Å². The number of carbonyl (C=O) groups excluding carboxylic acids is 2. The third kappa shape index (κ3) is 4.52. The summed E-state index contributed by atoms with van der Waals surface area (Å²) in [6.07, 6.45) is 0.961. The number of aryl methyl sites for hydroxylation is 1. The largest absolute Gasteiger partial charge is 0.444 e. The molecule has 1 N–H and O–H groups in total. The van der Waals surface area contributed by atoms with Crippen LogP contribution >= 0.6 is 11.3 Å². The highest BCUT2D eigenvalue weighted by molar-refractivity contribution is 7.22. The van der Waals surface area contributed by atoms with Crippen LogP contribution in [0.2, 0.25) is 0 Å². The lowest BCUT2D eigenvalue weighted by Gasteiger charge is -2.32. The molecule has 1 aliphatic rings. The van der Waals surface area contributed by atoms with Crippen molar-refractivity contribution in [3.63, 3.8) is 0 Å². The molecule has 0 saturated carbocycles. The summed E-state index contributed by atoms with van der Waals surface area (Å²) in [7, 11) is 0. The number of benzene rings is 1. The molecule has 26 heavy (non-hydrogen) atoms. The van der Waals surface area contributed by atoms with E-state index in [1.807, 2.05) is 39.8 Å². The highest BCUT2D eigenvalue weighted by Crippen LogP contribution is 2.28. The Labute approximate surface area is 157 Å². The summed E-state index contributed by atoms with van der Waals surface area (Å²) < 4.78 is 6.46. The number of nitrogens with one attached hydrogen (secondary N) is 1. The summed E-state index contributed by atoms with van der Waals surface area (Å²) >= 11 is 1.49. The highest BCUT2D eigenvalue weighted by Gasteiger charge is 2.30. The molecule has 0 bridgehead atoms. The van der Waals surface area contributed by atoms with Gasteiger partial charge in [-0.25, -0.2) is 9.78 Å². The molecule has 7 heteroatoms. The maximum atomic E-state index is 12.5. The molecule has 1 saturated heterocycles. The van der Waals surface area contributed by atoms with Crippen LogP contribution in [-0.2, 0) is 9.53 Å². The number of piperidine rings is 1. The first kappa shape index (κ1) is 18.6. The normalized spacial score (nSPS) is 15.9. The van der Waals surface area contributed by atoms with Crippen LogP contribution in [0.1, 0.15) is 39.2 Å². The van der Waals surface area contributed by atoms with Gasteiger partial charge in [0.1, 0.15) is 5.60 Å². The first-order chi connectivity index (χ1) is 12.2. The van der Waals surface area contributed by atoms with Crippen LogP contribution in [0.4, 0.5) is 9.93 Å². The van der Waals surface area contributed by atoms with E-state index in [-0.39, 0.29) is 17.9 Å². The zero-order valence-electron chi connectivity index (χ0n) is 15.7. The fraction of sp³-hybridized carbons (Fsp3) is 0.526. The molecule has 1 aromatic carbocycles. The predicted octanol–water partition coefficient (Wildman–Crippen LogP) is 4.19. The molecule has 0 aliphatic carbocycles. The van der Waals surface area contributed by atoms with Gasteiger partial charge in [0.05, 0.1) is 10.2 Å². The van der Waals surface area contributed by atoms with Crippen molar-refractivity contribution >= 4 is 38.7 Å². The van der Waals surface area contributed by atoms with Crippen molar-refractivity contribution in [2.45, 2.75) is 46.1 Å². The molecule has 2 heterocycles. The molecule has 140 valence electrons. The SMILES string of the molecule is Cc1ccc2nc(NC(=O)C3CCN(C(=O)OC(C)(C)C)CC3)sc2c1. The van der Waals surface area contributed by atoms with Crippen LogP contribution < -0.4 is 5.32 Å². The molecule has 6 nitrogen and oxygen atoms in total. The van der Waals surface area contributed by atoms with E-state index in [0.717, 1.165) is 10.2 Å². The fourth-order valence-electron chi connectivity index (χ4n) is 2.94. The summed E-state index contributed by atoms with van der Waals surface area (Å²) in [6.45, 7) is 8.66. The van der Waals surface area contributed by atoms with E-state index in [0.29, 0.717) is 31.1 Å². The highest BCUT2D eigenvalue weighted by atomic mass is 32.1. The number of thiazole rings is 1. The second-order valence-electron chi connectivity index (χ2n) is 7.72. The Morgan fingerprint density at radius 2 is 1.96 bits per heavy atom. The van der Waals surface area contributed by atoms with Gasteiger partial charge in [-0.15, -0.1) is 0 Å². The smallest absolute Gasteiger partial charge is 0.410 e. The quantitative estimate of drug-likeness (QED) is 0.854. The van der Waals surface area contributed by atoms with Crippen molar-refractivity contribution in [2.24, 2.45) is 5.92 Å². The summed E-state index contributed by atoms with van der Waals surface area (Å²) in [4.78, 5) is 30.8. The van der Waals surface area contributed by atoms with Crippen LogP contribution in [0.25, 0.3) is 10.2 Å². The van der Waals surface area contributed by atoms with E-state index < -0.39 is 5.60 Å². The van der Waals surface area contributed by atoms with Gasteiger partial charge in [-0.1, -0.05) is 17.4 Å². The molecule has 1 fully saturated rings. The van der Waals surface area contributed by atoms with Gasteiger partial charge in [0.25, 0.3) is 0 Å². The number of amides is 2. The minimum atomic E-state index is -0.503. The average Bonchev–Trinajstić information content (AvgIpc) is 2.94. The lowest BCUT2D eigenvalue weighted by molar-refractivity contribution is -0.121. The predicted molar refractivity (Wildman–Crippen MR) is 104 cm³/mol. The molecule has 0 atom stereocenters. The number of anilines is 1. The molecule has 0 radical (unpaired) electrons. The van der Waals surface area contributed by atoms with Gasteiger partial charge >= 0.3 is 6.09 Å².